The van der Waals surface area contributed by atoms with Gasteiger partial charge in [0, 0.05) is 12.5 Å². The molecule has 0 unspecified atom stereocenters. The van der Waals surface area contributed by atoms with Gasteiger partial charge in [0.15, 0.2) is 0 Å². The van der Waals surface area contributed by atoms with Crippen LogP contribution in [0.15, 0.2) is 30.3 Å². The molecule has 1 amide bonds. The number of aliphatic hydroxyl groups is 1. The first-order chi connectivity index (χ1) is 9.66. The number of nitrogens with zero attached hydrogens (tertiary/aromatic N) is 1. The van der Waals surface area contributed by atoms with Gasteiger partial charge >= 0.3 is 0 Å². The molecule has 4 heteroatoms. The minimum absolute atomic E-state index is 0.201. The highest BCUT2D eigenvalue weighted by Crippen LogP contribution is 2.31. The summed E-state index contributed by atoms with van der Waals surface area (Å²) in [5.41, 5.74) is -0.907. The molecule has 3 rings (SSSR count). The van der Waals surface area contributed by atoms with Gasteiger partial charge in [0.25, 0.3) is 0 Å². The van der Waals surface area contributed by atoms with Gasteiger partial charge in [0.05, 0.1) is 6.54 Å². The molecular weight excluding hydrogens is 254 g/mol. The van der Waals surface area contributed by atoms with Crippen molar-refractivity contribution in [1.82, 2.24) is 4.90 Å². The Hall–Kier alpha value is -1.55. The van der Waals surface area contributed by atoms with E-state index in [2.05, 4.69) is 0 Å². The third-order valence-electron chi connectivity index (χ3n) is 4.35. The van der Waals surface area contributed by atoms with E-state index in [4.69, 9.17) is 4.74 Å². The number of hydrogen-bond donors (Lipinski definition) is 1. The maximum Gasteiger partial charge on any atom is 0.225 e. The van der Waals surface area contributed by atoms with Crippen molar-refractivity contribution < 1.29 is 14.6 Å². The molecular formula is C16H21NO3. The lowest BCUT2D eigenvalue weighted by atomic mass is 9.84. The van der Waals surface area contributed by atoms with Crippen LogP contribution in [0.1, 0.15) is 25.7 Å². The summed E-state index contributed by atoms with van der Waals surface area (Å²) in [6.45, 7) is 1.28. The van der Waals surface area contributed by atoms with Gasteiger partial charge in [-0.15, -0.1) is 0 Å². The monoisotopic (exact) mass is 275 g/mol. The number of hydrogen-bond acceptors (Lipinski definition) is 3. The molecule has 1 atom stereocenters. The average Bonchev–Trinajstić information content (AvgIpc) is 2.79. The van der Waals surface area contributed by atoms with Crippen molar-refractivity contribution in [3.63, 3.8) is 0 Å². The largest absolute Gasteiger partial charge is 0.491 e. The average molecular weight is 275 g/mol. The zero-order valence-corrected chi connectivity index (χ0v) is 11.6. The molecule has 1 aliphatic heterocycles. The standard InChI is InChI=1S/C16H21NO3/c18-15(13-5-4-6-13)17-10-9-16(19,11-17)12-20-14-7-2-1-3-8-14/h1-3,7-8,13,19H,4-6,9-12H2/t16-/m0/s1. The number of para-hydroxylation sites is 1. The number of rotatable bonds is 4. The van der Waals surface area contributed by atoms with E-state index in [0.29, 0.717) is 19.5 Å². The highest BCUT2D eigenvalue weighted by Gasteiger charge is 2.41. The summed E-state index contributed by atoms with van der Waals surface area (Å²) in [6, 6.07) is 9.47. The van der Waals surface area contributed by atoms with Crippen molar-refractivity contribution >= 4 is 5.91 Å². The normalized spacial score (nSPS) is 26.4. The van der Waals surface area contributed by atoms with E-state index in [1.807, 2.05) is 30.3 Å². The van der Waals surface area contributed by atoms with E-state index in [0.717, 1.165) is 25.0 Å². The zero-order chi connectivity index (χ0) is 14.0. The van der Waals surface area contributed by atoms with Crippen molar-refractivity contribution in [3.05, 3.63) is 30.3 Å². The van der Waals surface area contributed by atoms with E-state index in [9.17, 15) is 9.90 Å². The van der Waals surface area contributed by atoms with Crippen LogP contribution in [0.2, 0.25) is 0 Å². The summed E-state index contributed by atoms with van der Waals surface area (Å²) in [7, 11) is 0. The summed E-state index contributed by atoms with van der Waals surface area (Å²) in [5, 5.41) is 10.5. The Kier molecular flexibility index (Phi) is 3.66. The Labute approximate surface area is 119 Å². The maximum atomic E-state index is 12.2. The molecule has 1 saturated carbocycles. The third kappa shape index (κ3) is 2.80. The van der Waals surface area contributed by atoms with E-state index >= 15 is 0 Å². The van der Waals surface area contributed by atoms with Crippen LogP contribution < -0.4 is 4.74 Å². The fraction of sp³-hybridized carbons (Fsp3) is 0.562. The fourth-order valence-corrected chi connectivity index (χ4v) is 2.81. The second-order valence-corrected chi connectivity index (χ2v) is 5.96. The molecule has 2 aliphatic rings. The Morgan fingerprint density at radius 3 is 2.75 bits per heavy atom. The van der Waals surface area contributed by atoms with Gasteiger partial charge in [0.1, 0.15) is 18.0 Å². The quantitative estimate of drug-likeness (QED) is 0.912. The second-order valence-electron chi connectivity index (χ2n) is 5.96. The Morgan fingerprint density at radius 1 is 1.35 bits per heavy atom. The lowest BCUT2D eigenvalue weighted by Crippen LogP contribution is -2.43. The summed E-state index contributed by atoms with van der Waals surface area (Å²) < 4.78 is 5.63. The van der Waals surface area contributed by atoms with Crippen molar-refractivity contribution in [2.45, 2.75) is 31.3 Å². The van der Waals surface area contributed by atoms with Crippen LogP contribution >= 0.6 is 0 Å². The maximum absolute atomic E-state index is 12.2. The molecule has 1 heterocycles. The molecule has 20 heavy (non-hydrogen) atoms. The molecule has 0 spiro atoms. The molecule has 1 N–H and O–H groups in total. The van der Waals surface area contributed by atoms with Gasteiger partial charge < -0.3 is 14.7 Å². The molecule has 0 radical (unpaired) electrons. The number of β-amino-alcohol motifs (C(OH)–C–C–N with tert-alkyl or cyclic N) is 1. The molecule has 108 valence electrons. The number of ether oxygens (including phenoxy) is 1. The summed E-state index contributed by atoms with van der Waals surface area (Å²) in [6.07, 6.45) is 3.77. The molecule has 0 aromatic heterocycles. The Balaban J connectivity index is 1.53. The van der Waals surface area contributed by atoms with Crippen molar-refractivity contribution in [2.75, 3.05) is 19.7 Å². The first-order valence-electron chi connectivity index (χ1n) is 7.35. The van der Waals surface area contributed by atoms with Crippen molar-refractivity contribution in [1.29, 1.82) is 0 Å². The highest BCUT2D eigenvalue weighted by atomic mass is 16.5. The minimum Gasteiger partial charge on any atom is -0.491 e. The number of benzene rings is 1. The molecule has 1 saturated heterocycles. The Bertz CT molecular complexity index is 472. The smallest absolute Gasteiger partial charge is 0.225 e. The summed E-state index contributed by atoms with van der Waals surface area (Å²) in [4.78, 5) is 14.0. The van der Waals surface area contributed by atoms with Gasteiger partial charge in [0.2, 0.25) is 5.91 Å². The molecule has 1 aromatic rings. The van der Waals surface area contributed by atoms with E-state index in [1.165, 1.54) is 0 Å². The predicted octanol–water partition coefficient (Wildman–Crippen LogP) is 1.83. The van der Waals surface area contributed by atoms with Gasteiger partial charge in [-0.2, -0.15) is 0 Å². The number of carbonyl (C=O) groups is 1. The molecule has 1 aliphatic carbocycles. The number of amides is 1. The number of carbonyl (C=O) groups excluding carboxylic acids is 1. The van der Waals surface area contributed by atoms with Crippen LogP contribution in [0.4, 0.5) is 0 Å². The van der Waals surface area contributed by atoms with Gasteiger partial charge in [-0.3, -0.25) is 4.79 Å². The molecule has 1 aromatic carbocycles. The topological polar surface area (TPSA) is 49.8 Å². The van der Waals surface area contributed by atoms with Gasteiger partial charge in [-0.05, 0) is 31.4 Å². The second kappa shape index (κ2) is 5.44. The van der Waals surface area contributed by atoms with Gasteiger partial charge in [-0.1, -0.05) is 24.6 Å². The Morgan fingerprint density at radius 2 is 2.10 bits per heavy atom. The highest BCUT2D eigenvalue weighted by molar-refractivity contribution is 5.80. The first-order valence-corrected chi connectivity index (χ1v) is 7.35. The van der Waals surface area contributed by atoms with Crippen LogP contribution in [0, 0.1) is 5.92 Å². The molecule has 0 bridgehead atoms. The van der Waals surface area contributed by atoms with E-state index in [-0.39, 0.29) is 18.4 Å². The van der Waals surface area contributed by atoms with Gasteiger partial charge in [-0.25, -0.2) is 0 Å². The molecule has 4 nitrogen and oxygen atoms in total. The van der Waals surface area contributed by atoms with Crippen LogP contribution in [-0.2, 0) is 4.79 Å². The van der Waals surface area contributed by atoms with Crippen molar-refractivity contribution in [3.8, 4) is 5.75 Å². The van der Waals surface area contributed by atoms with Crippen LogP contribution in [0.3, 0.4) is 0 Å². The fourth-order valence-electron chi connectivity index (χ4n) is 2.81. The van der Waals surface area contributed by atoms with Crippen molar-refractivity contribution in [2.24, 2.45) is 5.92 Å². The lowest BCUT2D eigenvalue weighted by Gasteiger charge is -2.30. The SMILES string of the molecule is O=C(C1CCC1)N1CC[C@@](O)(COc2ccccc2)C1. The first kappa shape index (κ1) is 13.4. The van der Waals surface area contributed by atoms with E-state index < -0.39 is 5.60 Å². The summed E-state index contributed by atoms with van der Waals surface area (Å²) in [5.74, 6) is 1.17. The third-order valence-corrected chi connectivity index (χ3v) is 4.35. The minimum atomic E-state index is -0.907. The number of likely N-dealkylation sites (tertiary alicyclic amines) is 1. The lowest BCUT2D eigenvalue weighted by molar-refractivity contribution is -0.138. The zero-order valence-electron chi connectivity index (χ0n) is 11.6. The predicted molar refractivity (Wildman–Crippen MR) is 75.4 cm³/mol. The van der Waals surface area contributed by atoms with Crippen LogP contribution in [0.25, 0.3) is 0 Å². The summed E-state index contributed by atoms with van der Waals surface area (Å²) >= 11 is 0. The van der Waals surface area contributed by atoms with E-state index in [1.54, 1.807) is 4.90 Å². The van der Waals surface area contributed by atoms with Crippen LogP contribution in [-0.4, -0.2) is 41.2 Å². The molecule has 2 fully saturated rings. The van der Waals surface area contributed by atoms with Crippen LogP contribution in [0.5, 0.6) is 5.75 Å².